The molecule has 1 heterocycles. The molecule has 0 bridgehead atoms. The third-order valence-electron chi connectivity index (χ3n) is 1.58. The highest BCUT2D eigenvalue weighted by atomic mass is 16.5. The summed E-state index contributed by atoms with van der Waals surface area (Å²) >= 11 is 0. The molecular weight excluding hydrogens is 120 g/mol. The highest BCUT2D eigenvalue weighted by Crippen LogP contribution is 2.15. The fourth-order valence-corrected chi connectivity index (χ4v) is 1.06. The van der Waals surface area contributed by atoms with E-state index in [9.17, 15) is 0 Å². The molecule has 0 aromatic heterocycles. The summed E-state index contributed by atoms with van der Waals surface area (Å²) in [7, 11) is 0. The number of hydrogen-bond donors (Lipinski definition) is 2. The molecule has 1 rings (SSSR count). The van der Waals surface area contributed by atoms with Crippen LogP contribution in [0.2, 0.25) is 0 Å². The van der Waals surface area contributed by atoms with E-state index < -0.39 is 12.2 Å². The lowest BCUT2D eigenvalue weighted by Crippen LogP contribution is -2.31. The van der Waals surface area contributed by atoms with E-state index in [1.54, 1.807) is 6.92 Å². The van der Waals surface area contributed by atoms with Gasteiger partial charge in [-0.15, -0.1) is 0 Å². The molecule has 0 amide bonds. The van der Waals surface area contributed by atoms with Crippen LogP contribution in [0.4, 0.5) is 0 Å². The number of aliphatic hydroxyl groups excluding tert-OH is 2. The third kappa shape index (κ3) is 1.41. The molecule has 0 aliphatic carbocycles. The molecule has 1 aliphatic rings. The van der Waals surface area contributed by atoms with Crippen LogP contribution in [0.1, 0.15) is 13.3 Å². The van der Waals surface area contributed by atoms with Gasteiger partial charge in [-0.05, 0) is 13.3 Å². The minimum atomic E-state index is -0.553. The van der Waals surface area contributed by atoms with E-state index in [1.807, 2.05) is 0 Å². The molecular formula is C6H12O3. The molecule has 54 valence electrons. The van der Waals surface area contributed by atoms with Gasteiger partial charge in [0.25, 0.3) is 0 Å². The lowest BCUT2D eigenvalue weighted by molar-refractivity contribution is -0.0371. The van der Waals surface area contributed by atoms with Crippen molar-refractivity contribution in [2.75, 3.05) is 6.61 Å². The number of hydrogen-bond acceptors (Lipinski definition) is 3. The molecule has 0 spiro atoms. The Bertz CT molecular complexity index is 92.3. The largest absolute Gasteiger partial charge is 0.391 e. The molecule has 0 radical (unpaired) electrons. The second-order valence-corrected chi connectivity index (χ2v) is 2.43. The van der Waals surface area contributed by atoms with Crippen LogP contribution < -0.4 is 0 Å². The molecule has 1 fully saturated rings. The van der Waals surface area contributed by atoms with Gasteiger partial charge in [-0.25, -0.2) is 0 Å². The zero-order chi connectivity index (χ0) is 6.85. The Hall–Kier alpha value is -0.120. The molecule has 2 N–H and O–H groups in total. The van der Waals surface area contributed by atoms with E-state index in [4.69, 9.17) is 14.9 Å². The van der Waals surface area contributed by atoms with E-state index in [0.717, 1.165) is 0 Å². The van der Waals surface area contributed by atoms with Crippen LogP contribution in [0, 0.1) is 0 Å². The number of rotatable bonds is 1. The second kappa shape index (κ2) is 2.64. The Morgan fingerprint density at radius 1 is 1.67 bits per heavy atom. The van der Waals surface area contributed by atoms with Gasteiger partial charge < -0.3 is 14.9 Å². The van der Waals surface area contributed by atoms with Gasteiger partial charge in [0.05, 0.1) is 12.2 Å². The van der Waals surface area contributed by atoms with Crippen molar-refractivity contribution in [3.05, 3.63) is 0 Å². The van der Waals surface area contributed by atoms with E-state index in [2.05, 4.69) is 0 Å². The summed E-state index contributed by atoms with van der Waals surface area (Å²) in [6.45, 7) is 2.19. The average molecular weight is 132 g/mol. The van der Waals surface area contributed by atoms with E-state index >= 15 is 0 Å². The standard InChI is InChI=1S/C6H12O3/c1-4(7)6-5(8)2-3-9-6/h4-8H,2-3H2,1H3/t4-,5-,6-/m0/s1. The Labute approximate surface area is 54.3 Å². The van der Waals surface area contributed by atoms with Crippen molar-refractivity contribution >= 4 is 0 Å². The lowest BCUT2D eigenvalue weighted by Gasteiger charge is -2.15. The summed E-state index contributed by atoms with van der Waals surface area (Å²) in [5.74, 6) is 0. The van der Waals surface area contributed by atoms with Crippen molar-refractivity contribution in [3.8, 4) is 0 Å². The smallest absolute Gasteiger partial charge is 0.109 e. The SMILES string of the molecule is C[C@H](O)[C@@H]1OCC[C@@H]1O. The monoisotopic (exact) mass is 132 g/mol. The van der Waals surface area contributed by atoms with Crippen LogP contribution in [0.5, 0.6) is 0 Å². The van der Waals surface area contributed by atoms with Gasteiger partial charge in [-0.2, -0.15) is 0 Å². The zero-order valence-electron chi connectivity index (χ0n) is 5.45. The Morgan fingerprint density at radius 3 is 2.56 bits per heavy atom. The van der Waals surface area contributed by atoms with Gasteiger partial charge in [-0.1, -0.05) is 0 Å². The molecule has 3 nitrogen and oxygen atoms in total. The third-order valence-corrected chi connectivity index (χ3v) is 1.58. The molecule has 0 aromatic rings. The van der Waals surface area contributed by atoms with Crippen molar-refractivity contribution in [1.29, 1.82) is 0 Å². The Morgan fingerprint density at radius 2 is 2.33 bits per heavy atom. The van der Waals surface area contributed by atoms with Gasteiger partial charge in [0, 0.05) is 6.61 Å². The van der Waals surface area contributed by atoms with Crippen LogP contribution in [0.3, 0.4) is 0 Å². The highest BCUT2D eigenvalue weighted by Gasteiger charge is 2.29. The normalized spacial score (nSPS) is 39.0. The fraction of sp³-hybridized carbons (Fsp3) is 1.00. The first kappa shape index (κ1) is 6.99. The topological polar surface area (TPSA) is 49.7 Å². The molecule has 0 saturated carbocycles. The molecule has 0 unspecified atom stereocenters. The quantitative estimate of drug-likeness (QED) is 0.506. The number of ether oxygens (including phenoxy) is 1. The summed E-state index contributed by atoms with van der Waals surface area (Å²) in [5, 5.41) is 18.0. The second-order valence-electron chi connectivity index (χ2n) is 2.43. The van der Waals surface area contributed by atoms with Crippen molar-refractivity contribution in [2.45, 2.75) is 31.7 Å². The predicted molar refractivity (Wildman–Crippen MR) is 32.0 cm³/mol. The summed E-state index contributed by atoms with van der Waals surface area (Å²) in [5.41, 5.74) is 0. The summed E-state index contributed by atoms with van der Waals surface area (Å²) in [6.07, 6.45) is -0.729. The van der Waals surface area contributed by atoms with Crippen molar-refractivity contribution < 1.29 is 14.9 Å². The maximum absolute atomic E-state index is 9.07. The van der Waals surface area contributed by atoms with E-state index in [1.165, 1.54) is 0 Å². The van der Waals surface area contributed by atoms with E-state index in [-0.39, 0.29) is 6.10 Å². The molecule has 3 heteroatoms. The van der Waals surface area contributed by atoms with Gasteiger partial charge in [0.15, 0.2) is 0 Å². The van der Waals surface area contributed by atoms with E-state index in [0.29, 0.717) is 13.0 Å². The van der Waals surface area contributed by atoms with Gasteiger partial charge in [-0.3, -0.25) is 0 Å². The first-order valence-electron chi connectivity index (χ1n) is 3.19. The molecule has 9 heavy (non-hydrogen) atoms. The van der Waals surface area contributed by atoms with Gasteiger partial charge in [0.1, 0.15) is 6.10 Å². The summed E-state index contributed by atoms with van der Waals surface area (Å²) in [6, 6.07) is 0. The first-order chi connectivity index (χ1) is 4.22. The summed E-state index contributed by atoms with van der Waals surface area (Å²) < 4.78 is 5.03. The minimum Gasteiger partial charge on any atom is -0.391 e. The number of aliphatic hydroxyl groups is 2. The zero-order valence-corrected chi connectivity index (χ0v) is 5.45. The Balaban J connectivity index is 2.40. The summed E-state index contributed by atoms with van der Waals surface area (Å²) in [4.78, 5) is 0. The molecule has 0 aromatic carbocycles. The molecule has 3 atom stereocenters. The first-order valence-corrected chi connectivity index (χ1v) is 3.19. The van der Waals surface area contributed by atoms with Crippen LogP contribution in [-0.2, 0) is 4.74 Å². The van der Waals surface area contributed by atoms with Crippen molar-refractivity contribution in [2.24, 2.45) is 0 Å². The average Bonchev–Trinajstić information content (AvgIpc) is 2.13. The van der Waals surface area contributed by atoms with Gasteiger partial charge in [0.2, 0.25) is 0 Å². The van der Waals surface area contributed by atoms with Crippen LogP contribution in [0.15, 0.2) is 0 Å². The Kier molecular flexibility index (Phi) is 2.05. The predicted octanol–water partition coefficient (Wildman–Crippen LogP) is -0.483. The van der Waals surface area contributed by atoms with Crippen LogP contribution in [0.25, 0.3) is 0 Å². The highest BCUT2D eigenvalue weighted by molar-refractivity contribution is 4.78. The van der Waals surface area contributed by atoms with Crippen molar-refractivity contribution in [1.82, 2.24) is 0 Å². The van der Waals surface area contributed by atoms with Gasteiger partial charge >= 0.3 is 0 Å². The maximum atomic E-state index is 9.07. The fourth-order valence-electron chi connectivity index (χ4n) is 1.06. The lowest BCUT2D eigenvalue weighted by atomic mass is 10.1. The van der Waals surface area contributed by atoms with Crippen molar-refractivity contribution in [3.63, 3.8) is 0 Å². The minimum absolute atomic E-state index is 0.356. The molecule has 1 saturated heterocycles. The maximum Gasteiger partial charge on any atom is 0.109 e. The van der Waals surface area contributed by atoms with Crippen LogP contribution in [-0.4, -0.2) is 35.1 Å². The van der Waals surface area contributed by atoms with Crippen LogP contribution >= 0.6 is 0 Å². The molecule has 1 aliphatic heterocycles.